The summed E-state index contributed by atoms with van der Waals surface area (Å²) in [6, 6.07) is 9.03. The highest BCUT2D eigenvalue weighted by molar-refractivity contribution is 6.34. The van der Waals surface area contributed by atoms with E-state index in [1.165, 1.54) is 5.56 Å². The Hall–Kier alpha value is -3.19. The van der Waals surface area contributed by atoms with Crippen LogP contribution in [0.15, 0.2) is 35.4 Å². The summed E-state index contributed by atoms with van der Waals surface area (Å²) < 4.78 is 1.62. The van der Waals surface area contributed by atoms with Gasteiger partial charge in [-0.15, -0.1) is 0 Å². The van der Waals surface area contributed by atoms with Crippen molar-refractivity contribution in [2.45, 2.75) is 38.9 Å². The highest BCUT2D eigenvalue weighted by Gasteiger charge is 2.37. The number of halogens is 1. The third kappa shape index (κ3) is 3.99. The lowest BCUT2D eigenvalue weighted by atomic mass is 10.00. The van der Waals surface area contributed by atoms with Crippen LogP contribution in [0.2, 0.25) is 5.02 Å². The van der Waals surface area contributed by atoms with Crippen molar-refractivity contribution in [3.8, 4) is 6.07 Å². The highest BCUT2D eigenvalue weighted by Crippen LogP contribution is 2.42. The summed E-state index contributed by atoms with van der Waals surface area (Å²) in [6.45, 7) is 7.55. The molecule has 2 aromatic heterocycles. The molecule has 9 nitrogen and oxygen atoms in total. The van der Waals surface area contributed by atoms with Crippen LogP contribution >= 0.6 is 11.6 Å². The number of rotatable bonds is 5. The van der Waals surface area contributed by atoms with Crippen LogP contribution in [0.1, 0.15) is 37.6 Å². The van der Waals surface area contributed by atoms with Crippen molar-refractivity contribution in [3.05, 3.63) is 57.2 Å². The zero-order valence-corrected chi connectivity index (χ0v) is 21.9. The summed E-state index contributed by atoms with van der Waals surface area (Å²) in [4.78, 5) is 26.7. The van der Waals surface area contributed by atoms with Crippen molar-refractivity contribution < 1.29 is 0 Å². The molecule has 2 aliphatic rings. The van der Waals surface area contributed by atoms with Gasteiger partial charge in [-0.05, 0) is 31.0 Å². The van der Waals surface area contributed by atoms with Gasteiger partial charge in [-0.1, -0.05) is 24.6 Å². The summed E-state index contributed by atoms with van der Waals surface area (Å²) in [7, 11) is 3.69. The van der Waals surface area contributed by atoms with E-state index in [0.717, 1.165) is 54.2 Å². The van der Waals surface area contributed by atoms with E-state index >= 15 is 0 Å². The van der Waals surface area contributed by atoms with Gasteiger partial charge in [-0.2, -0.15) is 5.26 Å². The summed E-state index contributed by atoms with van der Waals surface area (Å²) >= 11 is 6.74. The first kappa shape index (κ1) is 24.5. The molecule has 10 heteroatoms. The summed E-state index contributed by atoms with van der Waals surface area (Å²) in [5.41, 5.74) is 5.41. The van der Waals surface area contributed by atoms with Crippen molar-refractivity contribution in [3.63, 3.8) is 0 Å². The highest BCUT2D eigenvalue weighted by atomic mass is 35.5. The molecule has 0 amide bonds. The third-order valence-corrected chi connectivity index (χ3v) is 8.07. The predicted molar refractivity (Wildman–Crippen MR) is 142 cm³/mol. The maximum absolute atomic E-state index is 13.1. The van der Waals surface area contributed by atoms with Gasteiger partial charge >= 0.3 is 0 Å². The topological polar surface area (TPSA) is 84.5 Å². The average Bonchev–Trinajstić information content (AvgIpc) is 3.22. The second-order valence-corrected chi connectivity index (χ2v) is 9.93. The molecule has 4 heterocycles. The molecule has 2 aliphatic heterocycles. The van der Waals surface area contributed by atoms with Gasteiger partial charge in [0.25, 0.3) is 5.56 Å². The zero-order chi connectivity index (χ0) is 25.6. The van der Waals surface area contributed by atoms with Crippen molar-refractivity contribution in [1.82, 2.24) is 24.4 Å². The largest absolute Gasteiger partial charge is 0.366 e. The zero-order valence-electron chi connectivity index (χ0n) is 21.1. The molecule has 1 saturated heterocycles. The molecule has 0 spiro atoms. The van der Waals surface area contributed by atoms with Crippen LogP contribution in [0.3, 0.4) is 0 Å². The third-order valence-electron chi connectivity index (χ3n) is 7.73. The Kier molecular flexibility index (Phi) is 6.60. The maximum Gasteiger partial charge on any atom is 0.271 e. The molecule has 0 radical (unpaired) electrons. The van der Waals surface area contributed by atoms with Crippen LogP contribution in [-0.2, 0) is 13.6 Å². The van der Waals surface area contributed by atoms with Crippen LogP contribution in [-0.4, -0.2) is 63.7 Å². The van der Waals surface area contributed by atoms with E-state index in [-0.39, 0.29) is 29.2 Å². The first-order valence-electron chi connectivity index (χ1n) is 12.3. The Balaban J connectivity index is 1.45. The van der Waals surface area contributed by atoms with Crippen molar-refractivity contribution in [2.75, 3.05) is 43.1 Å². The molecule has 0 bridgehead atoms. The Morgan fingerprint density at radius 3 is 2.64 bits per heavy atom. The average molecular weight is 507 g/mol. The van der Waals surface area contributed by atoms with Gasteiger partial charge in [0.2, 0.25) is 0 Å². The second kappa shape index (κ2) is 9.69. The van der Waals surface area contributed by atoms with Gasteiger partial charge in [-0.3, -0.25) is 19.7 Å². The lowest BCUT2D eigenvalue weighted by Gasteiger charge is -2.46. The van der Waals surface area contributed by atoms with Gasteiger partial charge in [0.15, 0.2) is 0 Å². The van der Waals surface area contributed by atoms with Crippen LogP contribution < -0.4 is 15.5 Å². The first-order chi connectivity index (χ1) is 17.3. The minimum Gasteiger partial charge on any atom is -0.366 e. The normalized spacial score (nSPS) is 19.5. The number of nitriles is 1. The van der Waals surface area contributed by atoms with Gasteiger partial charge < -0.3 is 14.5 Å². The van der Waals surface area contributed by atoms with Gasteiger partial charge in [-0.25, -0.2) is 5.01 Å². The van der Waals surface area contributed by atoms with Gasteiger partial charge in [0, 0.05) is 58.2 Å². The molecule has 0 N–H and O–H groups in total. The van der Waals surface area contributed by atoms with Crippen LogP contribution in [0.5, 0.6) is 0 Å². The van der Waals surface area contributed by atoms with E-state index in [1.54, 1.807) is 24.0 Å². The number of aromatic nitrogens is 3. The maximum atomic E-state index is 13.1. The standard InChI is InChI=1S/C26H31ClN8O/c1-5-19-15-33(12-13-35(19)17(2)18-6-7-20-21(14-18)30-10-9-29-20)25-23(27)26(36)31(3)22-16-34(11-8-28)32(4)24(22)25/h6-7,9-10,14,17,19H,5,11-13,15-16H2,1-4H3/t17?,19-/m1/s1. The lowest BCUT2D eigenvalue weighted by Crippen LogP contribution is -2.54. The number of nitrogens with zero attached hydrogens (tertiary/aromatic N) is 8. The number of hydrogen-bond acceptors (Lipinski definition) is 8. The number of anilines is 2. The Morgan fingerprint density at radius 1 is 1.17 bits per heavy atom. The summed E-state index contributed by atoms with van der Waals surface area (Å²) in [6.07, 6.45) is 4.41. The van der Waals surface area contributed by atoms with E-state index in [1.807, 2.05) is 23.1 Å². The molecule has 3 aromatic rings. The number of fused-ring (bicyclic) bond motifs is 2. The smallest absolute Gasteiger partial charge is 0.271 e. The summed E-state index contributed by atoms with van der Waals surface area (Å²) in [5, 5.41) is 13.4. The van der Waals surface area contributed by atoms with Crippen molar-refractivity contribution in [2.24, 2.45) is 7.05 Å². The van der Waals surface area contributed by atoms with Crippen molar-refractivity contribution >= 4 is 34.0 Å². The lowest BCUT2D eigenvalue weighted by molar-refractivity contribution is 0.124. The van der Waals surface area contributed by atoms with Crippen LogP contribution in [0.25, 0.3) is 11.0 Å². The molecule has 1 fully saturated rings. The minimum absolute atomic E-state index is 0.196. The Bertz CT molecular complexity index is 1400. The van der Waals surface area contributed by atoms with E-state index in [9.17, 15) is 10.1 Å². The summed E-state index contributed by atoms with van der Waals surface area (Å²) in [5.74, 6) is 0. The van der Waals surface area contributed by atoms with Crippen LogP contribution in [0, 0.1) is 11.3 Å². The molecule has 0 saturated carbocycles. The predicted octanol–water partition coefficient (Wildman–Crippen LogP) is 3.33. The fourth-order valence-corrected chi connectivity index (χ4v) is 5.96. The quantitative estimate of drug-likeness (QED) is 0.487. The van der Waals surface area contributed by atoms with E-state index in [0.29, 0.717) is 6.54 Å². The van der Waals surface area contributed by atoms with Gasteiger partial charge in [0.1, 0.15) is 11.6 Å². The fourth-order valence-electron chi connectivity index (χ4n) is 5.62. The molecule has 188 valence electrons. The molecule has 5 rings (SSSR count). The van der Waals surface area contributed by atoms with Gasteiger partial charge in [0.05, 0.1) is 40.7 Å². The number of hydrogen-bond donors (Lipinski definition) is 0. The number of benzene rings is 1. The molecular weight excluding hydrogens is 476 g/mol. The molecule has 1 aromatic carbocycles. The second-order valence-electron chi connectivity index (χ2n) is 9.55. The van der Waals surface area contributed by atoms with E-state index in [4.69, 9.17) is 11.6 Å². The SMILES string of the molecule is CC[C@@H]1CN(c2c3c(n(C)c(=O)c2Cl)CN(CC#N)N3C)CCN1C(C)c1ccc2nccnc2c1. The Morgan fingerprint density at radius 2 is 1.92 bits per heavy atom. The van der Waals surface area contributed by atoms with Crippen molar-refractivity contribution in [1.29, 1.82) is 5.26 Å². The minimum atomic E-state index is -0.196. The first-order valence-corrected chi connectivity index (χ1v) is 12.7. The fraction of sp³-hybridized carbons (Fsp3) is 0.462. The number of pyridine rings is 1. The molecule has 0 aliphatic carbocycles. The molecule has 1 unspecified atom stereocenters. The van der Waals surface area contributed by atoms with E-state index in [2.05, 4.69) is 51.8 Å². The monoisotopic (exact) mass is 506 g/mol. The van der Waals surface area contributed by atoms with E-state index < -0.39 is 0 Å². The molecule has 2 atom stereocenters. The Labute approximate surface area is 216 Å². The number of hydrazine groups is 1. The molecular formula is C26H31ClN8O. The van der Waals surface area contributed by atoms with Crippen LogP contribution in [0.4, 0.5) is 11.4 Å². The number of piperazine rings is 1. The molecule has 36 heavy (non-hydrogen) atoms.